The number of aliphatic hydroxyl groups is 1. The highest BCUT2D eigenvalue weighted by atomic mass is 16.2. The Morgan fingerprint density at radius 2 is 0.941 bits per heavy atom. The fourth-order valence-corrected chi connectivity index (χ4v) is 0.406. The van der Waals surface area contributed by atoms with Crippen LogP contribution in [-0.4, -0.2) is 11.4 Å². The first-order valence-corrected chi connectivity index (χ1v) is 4.00. The summed E-state index contributed by atoms with van der Waals surface area (Å²) in [5, 5.41) is 8.04. The van der Waals surface area contributed by atoms with E-state index in [0.717, 1.165) is 0 Å². The SMILES string of the molecule is O=CC#CC#CC#CC#CC#CC#CC#CO. The lowest BCUT2D eigenvalue weighted by molar-refractivity contribution is -0.103. The van der Waals surface area contributed by atoms with Gasteiger partial charge in [0.25, 0.3) is 0 Å². The van der Waals surface area contributed by atoms with Gasteiger partial charge >= 0.3 is 0 Å². The van der Waals surface area contributed by atoms with Crippen molar-refractivity contribution in [2.45, 2.75) is 0 Å². The van der Waals surface area contributed by atoms with E-state index in [-0.39, 0.29) is 0 Å². The molecule has 0 spiro atoms. The smallest absolute Gasteiger partial charge is 0.193 e. The van der Waals surface area contributed by atoms with Gasteiger partial charge < -0.3 is 5.11 Å². The molecule has 2 nitrogen and oxygen atoms in total. The van der Waals surface area contributed by atoms with Crippen molar-refractivity contribution in [1.82, 2.24) is 0 Å². The Bertz CT molecular complexity index is 705. The van der Waals surface area contributed by atoms with Gasteiger partial charge in [0.05, 0.1) is 0 Å². The third kappa shape index (κ3) is 12.4. The minimum absolute atomic E-state index is 0.444. The van der Waals surface area contributed by atoms with E-state index in [9.17, 15) is 4.79 Å². The lowest BCUT2D eigenvalue weighted by Crippen LogP contribution is -1.58. The average Bonchev–Trinajstić information content (AvgIpc) is 2.35. The third-order valence-corrected chi connectivity index (χ3v) is 0.874. The average molecular weight is 214 g/mol. The number of carbonyl (C=O) groups excluding carboxylic acids is 1. The number of hydrogen-bond acceptors (Lipinski definition) is 2. The van der Waals surface area contributed by atoms with Crippen LogP contribution < -0.4 is 0 Å². The van der Waals surface area contributed by atoms with Crippen molar-refractivity contribution < 1.29 is 9.90 Å². The molecular formula is C15H2O2. The summed E-state index contributed by atoms with van der Waals surface area (Å²) in [5.74, 6) is 30.1. The van der Waals surface area contributed by atoms with Crippen molar-refractivity contribution in [3.8, 4) is 83.1 Å². The Morgan fingerprint density at radius 3 is 1.29 bits per heavy atom. The summed E-state index contributed by atoms with van der Waals surface area (Å²) in [4.78, 5) is 9.76. The van der Waals surface area contributed by atoms with E-state index in [2.05, 4.69) is 77.0 Å². The van der Waals surface area contributed by atoms with Crippen LogP contribution in [0.1, 0.15) is 0 Å². The van der Waals surface area contributed by atoms with E-state index >= 15 is 0 Å². The van der Waals surface area contributed by atoms with Gasteiger partial charge in [-0.15, -0.1) is 0 Å². The zero-order valence-electron chi connectivity index (χ0n) is 8.43. The minimum atomic E-state index is 0.444. The first-order valence-electron chi connectivity index (χ1n) is 4.00. The van der Waals surface area contributed by atoms with Gasteiger partial charge in [0.15, 0.2) is 6.29 Å². The van der Waals surface area contributed by atoms with Gasteiger partial charge in [0.2, 0.25) is 0 Å². The molecule has 0 aromatic carbocycles. The highest BCUT2D eigenvalue weighted by Crippen LogP contribution is 1.56. The zero-order chi connectivity index (χ0) is 12.6. The summed E-state index contributed by atoms with van der Waals surface area (Å²) in [7, 11) is 0. The van der Waals surface area contributed by atoms with Crippen molar-refractivity contribution in [2.24, 2.45) is 0 Å². The molecule has 1 N–H and O–H groups in total. The van der Waals surface area contributed by atoms with Crippen LogP contribution >= 0.6 is 0 Å². The lowest BCUT2D eigenvalue weighted by atomic mass is 10.5. The Kier molecular flexibility index (Phi) is 9.76. The van der Waals surface area contributed by atoms with Crippen LogP contribution in [0.4, 0.5) is 0 Å². The van der Waals surface area contributed by atoms with Crippen LogP contribution in [0.2, 0.25) is 0 Å². The molecule has 0 heterocycles. The zero-order valence-corrected chi connectivity index (χ0v) is 8.43. The van der Waals surface area contributed by atoms with Crippen molar-refractivity contribution in [3.63, 3.8) is 0 Å². The molecule has 0 aromatic rings. The Balaban J connectivity index is 4.26. The van der Waals surface area contributed by atoms with E-state index in [1.54, 1.807) is 6.11 Å². The van der Waals surface area contributed by atoms with Gasteiger partial charge in [-0.05, 0) is 41.4 Å². The fraction of sp³-hybridized carbons (Fsp3) is 0. The topological polar surface area (TPSA) is 37.3 Å². The molecule has 0 unspecified atom stereocenters. The molecule has 0 aliphatic heterocycles. The molecule has 0 amide bonds. The molecule has 0 rings (SSSR count). The first-order chi connectivity index (χ1) is 8.41. The number of carbonyl (C=O) groups is 1. The molecule has 0 radical (unpaired) electrons. The van der Waals surface area contributed by atoms with E-state index in [4.69, 9.17) is 5.11 Å². The van der Waals surface area contributed by atoms with Gasteiger partial charge in [-0.1, -0.05) is 0 Å². The summed E-state index contributed by atoms with van der Waals surface area (Å²) >= 11 is 0. The van der Waals surface area contributed by atoms with Gasteiger partial charge in [-0.2, -0.15) is 0 Å². The Labute approximate surface area is 99.8 Å². The first kappa shape index (κ1) is 13.4. The van der Waals surface area contributed by atoms with Gasteiger partial charge in [0, 0.05) is 35.5 Å². The van der Waals surface area contributed by atoms with E-state index in [1.807, 2.05) is 0 Å². The maximum atomic E-state index is 9.76. The Hall–Kier alpha value is -3.61. The van der Waals surface area contributed by atoms with Crippen molar-refractivity contribution in [1.29, 1.82) is 0 Å². The molecule has 0 fully saturated rings. The lowest BCUT2D eigenvalue weighted by Gasteiger charge is -1.56. The molecule has 0 aliphatic carbocycles. The normalized spacial score (nSPS) is 4.00. The molecule has 0 aliphatic rings. The molecular weight excluding hydrogens is 212 g/mol. The van der Waals surface area contributed by atoms with E-state index in [0.29, 0.717) is 6.29 Å². The third-order valence-electron chi connectivity index (χ3n) is 0.874. The number of hydrogen-bond donors (Lipinski definition) is 1. The second-order valence-corrected chi connectivity index (χ2v) is 1.87. The second-order valence-electron chi connectivity index (χ2n) is 1.87. The minimum Gasteiger partial charge on any atom is -0.461 e. The maximum Gasteiger partial charge on any atom is 0.193 e. The standard InChI is InChI=1S/C15H2O2/c16-14-12-10-8-6-4-2-1-3-5-7-9-11-13-15-17/h14,17H. The van der Waals surface area contributed by atoms with Gasteiger partial charge in [-0.25, -0.2) is 0 Å². The Morgan fingerprint density at radius 1 is 0.588 bits per heavy atom. The number of rotatable bonds is 0. The molecule has 2 heteroatoms. The van der Waals surface area contributed by atoms with Crippen LogP contribution in [0.25, 0.3) is 0 Å². The summed E-state index contributed by atoms with van der Waals surface area (Å²) < 4.78 is 0. The summed E-state index contributed by atoms with van der Waals surface area (Å²) in [6, 6.07) is 0. The predicted molar refractivity (Wildman–Crippen MR) is 62.4 cm³/mol. The molecule has 0 aromatic heterocycles. The van der Waals surface area contributed by atoms with Crippen LogP contribution in [0, 0.1) is 83.1 Å². The predicted octanol–water partition coefficient (Wildman–Crippen LogP) is -0.461. The second kappa shape index (κ2) is 12.4. The molecule has 0 bridgehead atoms. The molecule has 0 atom stereocenters. The summed E-state index contributed by atoms with van der Waals surface area (Å²) in [5.41, 5.74) is 0. The van der Waals surface area contributed by atoms with Crippen LogP contribution in [-0.2, 0) is 4.79 Å². The van der Waals surface area contributed by atoms with Crippen molar-refractivity contribution >= 4 is 6.29 Å². The number of aldehydes is 1. The van der Waals surface area contributed by atoms with E-state index < -0.39 is 0 Å². The number of aliphatic hydroxyl groups excluding tert-OH is 1. The monoisotopic (exact) mass is 214 g/mol. The molecule has 17 heavy (non-hydrogen) atoms. The van der Waals surface area contributed by atoms with E-state index in [1.165, 1.54) is 0 Å². The molecule has 0 saturated heterocycles. The summed E-state index contributed by atoms with van der Waals surface area (Å²) in [6.45, 7) is 0. The van der Waals surface area contributed by atoms with Crippen molar-refractivity contribution in [2.75, 3.05) is 0 Å². The highest BCUT2D eigenvalue weighted by Gasteiger charge is 1.57. The maximum absolute atomic E-state index is 9.76. The van der Waals surface area contributed by atoms with Crippen LogP contribution in [0.15, 0.2) is 0 Å². The molecule has 74 valence electrons. The van der Waals surface area contributed by atoms with Gasteiger partial charge in [0.1, 0.15) is 6.11 Å². The highest BCUT2D eigenvalue weighted by molar-refractivity contribution is 5.73. The van der Waals surface area contributed by atoms with Crippen LogP contribution in [0.3, 0.4) is 0 Å². The van der Waals surface area contributed by atoms with Crippen LogP contribution in [0.5, 0.6) is 0 Å². The largest absolute Gasteiger partial charge is 0.461 e. The van der Waals surface area contributed by atoms with Crippen molar-refractivity contribution in [3.05, 3.63) is 0 Å². The van der Waals surface area contributed by atoms with Gasteiger partial charge in [-0.3, -0.25) is 4.79 Å². The summed E-state index contributed by atoms with van der Waals surface area (Å²) in [6.07, 6.45) is 2.05. The fourth-order valence-electron chi connectivity index (χ4n) is 0.406. The molecule has 0 saturated carbocycles. The quantitative estimate of drug-likeness (QED) is 0.437.